The Morgan fingerprint density at radius 1 is 1.43 bits per heavy atom. The second kappa shape index (κ2) is 5.85. The van der Waals surface area contributed by atoms with Crippen LogP contribution in [0.15, 0.2) is 24.4 Å². The van der Waals surface area contributed by atoms with Crippen molar-refractivity contribution in [2.24, 2.45) is 5.92 Å². The van der Waals surface area contributed by atoms with E-state index in [-0.39, 0.29) is 17.6 Å². The predicted octanol–water partition coefficient (Wildman–Crippen LogP) is 2.13. The Hall–Kier alpha value is -1.88. The van der Waals surface area contributed by atoms with Gasteiger partial charge >= 0.3 is 0 Å². The van der Waals surface area contributed by atoms with Crippen molar-refractivity contribution in [2.75, 3.05) is 6.54 Å². The number of fused-ring (bicyclic) bond motifs is 1. The minimum Gasteiger partial charge on any atom is -0.392 e. The summed E-state index contributed by atoms with van der Waals surface area (Å²) >= 11 is 0. The molecule has 5 heteroatoms. The molecular formula is C16H19FN2O2. The lowest BCUT2D eigenvalue weighted by molar-refractivity contribution is -0.127. The number of carbonyl (C=O) groups excluding carboxylic acids is 1. The van der Waals surface area contributed by atoms with Crippen molar-refractivity contribution >= 4 is 16.8 Å². The van der Waals surface area contributed by atoms with Gasteiger partial charge in [0.2, 0.25) is 5.91 Å². The molecule has 1 amide bonds. The van der Waals surface area contributed by atoms with Gasteiger partial charge in [0, 0.05) is 23.6 Å². The van der Waals surface area contributed by atoms with Crippen LogP contribution in [0.1, 0.15) is 24.8 Å². The van der Waals surface area contributed by atoms with E-state index < -0.39 is 6.10 Å². The Balaban J connectivity index is 1.59. The lowest BCUT2D eigenvalue weighted by Gasteiger charge is -2.14. The van der Waals surface area contributed by atoms with E-state index in [0.29, 0.717) is 19.4 Å². The van der Waals surface area contributed by atoms with E-state index >= 15 is 0 Å². The van der Waals surface area contributed by atoms with Crippen molar-refractivity contribution in [3.05, 3.63) is 35.8 Å². The Morgan fingerprint density at radius 2 is 2.29 bits per heavy atom. The number of aliphatic hydroxyl groups excluding tert-OH is 1. The summed E-state index contributed by atoms with van der Waals surface area (Å²) in [7, 11) is 0. The van der Waals surface area contributed by atoms with Crippen LogP contribution in [0.25, 0.3) is 10.9 Å². The van der Waals surface area contributed by atoms with Gasteiger partial charge in [0.15, 0.2) is 0 Å². The maximum absolute atomic E-state index is 13.3. The van der Waals surface area contributed by atoms with Gasteiger partial charge in [-0.1, -0.05) is 0 Å². The molecule has 1 heterocycles. The number of hydrogen-bond acceptors (Lipinski definition) is 2. The number of amides is 1. The van der Waals surface area contributed by atoms with Crippen LogP contribution >= 0.6 is 0 Å². The Morgan fingerprint density at radius 3 is 3.05 bits per heavy atom. The highest BCUT2D eigenvalue weighted by Gasteiger charge is 2.30. The third-order valence-corrected chi connectivity index (χ3v) is 4.24. The molecule has 1 aromatic heterocycles. The fourth-order valence-electron chi connectivity index (χ4n) is 3.06. The molecule has 2 aromatic rings. The highest BCUT2D eigenvalue weighted by molar-refractivity contribution is 5.83. The van der Waals surface area contributed by atoms with Crippen molar-refractivity contribution in [1.82, 2.24) is 10.3 Å². The molecule has 21 heavy (non-hydrogen) atoms. The minimum absolute atomic E-state index is 0.0778. The van der Waals surface area contributed by atoms with Crippen LogP contribution in [0.5, 0.6) is 0 Å². The van der Waals surface area contributed by atoms with E-state index in [4.69, 9.17) is 0 Å². The summed E-state index contributed by atoms with van der Waals surface area (Å²) in [4.78, 5) is 15.1. The zero-order chi connectivity index (χ0) is 14.8. The van der Waals surface area contributed by atoms with Gasteiger partial charge in [0.25, 0.3) is 0 Å². The number of halogens is 1. The van der Waals surface area contributed by atoms with Crippen LogP contribution in [0.3, 0.4) is 0 Å². The first-order chi connectivity index (χ1) is 10.1. The van der Waals surface area contributed by atoms with E-state index in [9.17, 15) is 14.3 Å². The Kier molecular flexibility index (Phi) is 3.92. The number of hydrogen-bond donors (Lipinski definition) is 3. The summed E-state index contributed by atoms with van der Waals surface area (Å²) in [5.41, 5.74) is 1.88. The van der Waals surface area contributed by atoms with Gasteiger partial charge in [-0.25, -0.2) is 4.39 Å². The first-order valence-corrected chi connectivity index (χ1v) is 7.36. The summed E-state index contributed by atoms with van der Waals surface area (Å²) in [6.45, 7) is 0.492. The zero-order valence-electron chi connectivity index (χ0n) is 11.7. The van der Waals surface area contributed by atoms with Crippen molar-refractivity contribution in [2.45, 2.75) is 31.8 Å². The maximum Gasteiger partial charge on any atom is 0.225 e. The lowest BCUT2D eigenvalue weighted by atomic mass is 10.1. The Labute approximate surface area is 122 Å². The fourth-order valence-corrected chi connectivity index (χ4v) is 3.06. The van der Waals surface area contributed by atoms with Crippen molar-refractivity contribution in [3.63, 3.8) is 0 Å². The summed E-state index contributed by atoms with van der Waals surface area (Å²) in [5.74, 6) is -0.613. The first kappa shape index (κ1) is 14.1. The highest BCUT2D eigenvalue weighted by atomic mass is 19.1. The quantitative estimate of drug-likeness (QED) is 0.807. The van der Waals surface area contributed by atoms with Gasteiger partial charge in [-0.2, -0.15) is 0 Å². The second-order valence-electron chi connectivity index (χ2n) is 5.65. The molecule has 2 atom stereocenters. The van der Waals surface area contributed by atoms with E-state index in [1.54, 1.807) is 6.07 Å². The number of rotatable bonds is 4. The third kappa shape index (κ3) is 2.93. The standard InChI is InChI=1S/C16H19FN2O2/c17-11-4-5-14-13(8-11)10(9-19-14)6-7-18-16(21)12-2-1-3-15(12)20/h4-5,8-9,12,15,19-20H,1-3,6-7H2,(H,18,21). The molecule has 1 saturated carbocycles. The molecule has 0 bridgehead atoms. The van der Waals surface area contributed by atoms with E-state index in [0.717, 1.165) is 29.3 Å². The molecular weight excluding hydrogens is 271 g/mol. The molecule has 2 unspecified atom stereocenters. The molecule has 0 saturated heterocycles. The van der Waals surface area contributed by atoms with Gasteiger partial charge < -0.3 is 15.4 Å². The summed E-state index contributed by atoms with van der Waals surface area (Å²) < 4.78 is 13.3. The van der Waals surface area contributed by atoms with Gasteiger partial charge in [0.1, 0.15) is 5.82 Å². The SMILES string of the molecule is O=C(NCCc1c[nH]c2ccc(F)cc12)C1CCCC1O. The number of nitrogens with one attached hydrogen (secondary N) is 2. The number of aromatic nitrogens is 1. The minimum atomic E-state index is -0.507. The van der Waals surface area contributed by atoms with Gasteiger partial charge in [-0.3, -0.25) is 4.79 Å². The van der Waals surface area contributed by atoms with E-state index in [1.165, 1.54) is 12.1 Å². The average Bonchev–Trinajstić information content (AvgIpc) is 3.05. The molecule has 4 nitrogen and oxygen atoms in total. The topological polar surface area (TPSA) is 65.1 Å². The van der Waals surface area contributed by atoms with Gasteiger partial charge in [-0.05, 0) is 49.4 Å². The van der Waals surface area contributed by atoms with Crippen LogP contribution in [-0.2, 0) is 11.2 Å². The van der Waals surface area contributed by atoms with Crippen LogP contribution < -0.4 is 5.32 Å². The first-order valence-electron chi connectivity index (χ1n) is 7.36. The molecule has 1 aliphatic rings. The zero-order valence-corrected chi connectivity index (χ0v) is 11.7. The van der Waals surface area contributed by atoms with Crippen molar-refractivity contribution in [1.29, 1.82) is 0 Å². The number of benzene rings is 1. The summed E-state index contributed by atoms with van der Waals surface area (Å²) in [6.07, 6.45) is 4.34. The largest absolute Gasteiger partial charge is 0.392 e. The predicted molar refractivity (Wildman–Crippen MR) is 78.3 cm³/mol. The van der Waals surface area contributed by atoms with Gasteiger partial charge in [0.05, 0.1) is 12.0 Å². The van der Waals surface area contributed by atoms with Crippen molar-refractivity contribution < 1.29 is 14.3 Å². The van der Waals surface area contributed by atoms with E-state index in [1.807, 2.05) is 6.20 Å². The number of aromatic amines is 1. The monoisotopic (exact) mass is 290 g/mol. The lowest BCUT2D eigenvalue weighted by Crippen LogP contribution is -2.35. The highest BCUT2D eigenvalue weighted by Crippen LogP contribution is 2.25. The average molecular weight is 290 g/mol. The van der Waals surface area contributed by atoms with Crippen LogP contribution in [0.4, 0.5) is 4.39 Å². The van der Waals surface area contributed by atoms with Crippen molar-refractivity contribution in [3.8, 4) is 0 Å². The second-order valence-corrected chi connectivity index (χ2v) is 5.65. The molecule has 3 N–H and O–H groups in total. The normalized spacial score (nSPS) is 21.8. The number of H-pyrrole nitrogens is 1. The van der Waals surface area contributed by atoms with Crippen LogP contribution in [0, 0.1) is 11.7 Å². The molecule has 0 aliphatic heterocycles. The molecule has 0 radical (unpaired) electrons. The molecule has 0 spiro atoms. The fraction of sp³-hybridized carbons (Fsp3) is 0.438. The smallest absolute Gasteiger partial charge is 0.225 e. The summed E-state index contributed by atoms with van der Waals surface area (Å²) in [6, 6.07) is 4.64. The molecule has 3 rings (SSSR count). The molecule has 1 aliphatic carbocycles. The maximum atomic E-state index is 13.3. The number of carbonyl (C=O) groups is 1. The van der Waals surface area contributed by atoms with Crippen LogP contribution in [0.2, 0.25) is 0 Å². The van der Waals surface area contributed by atoms with Gasteiger partial charge in [-0.15, -0.1) is 0 Å². The third-order valence-electron chi connectivity index (χ3n) is 4.24. The van der Waals surface area contributed by atoms with E-state index in [2.05, 4.69) is 10.3 Å². The molecule has 1 fully saturated rings. The number of aliphatic hydroxyl groups is 1. The Bertz CT molecular complexity index is 653. The molecule has 112 valence electrons. The molecule has 1 aromatic carbocycles. The summed E-state index contributed by atoms with van der Waals surface area (Å²) in [5, 5.41) is 13.4. The van der Waals surface area contributed by atoms with Crippen LogP contribution in [-0.4, -0.2) is 28.6 Å².